The minimum Gasteiger partial charge on any atom is -0.322 e. The number of sulfonamides is 1. The maximum atomic E-state index is 12.9. The maximum absolute atomic E-state index is 12.9. The molecule has 144 valence electrons. The molecule has 1 aliphatic rings. The highest BCUT2D eigenvalue weighted by Crippen LogP contribution is 2.27. The smallest absolute Gasteiger partial charge is 0.255 e. The first-order chi connectivity index (χ1) is 12.9. The van der Waals surface area contributed by atoms with Gasteiger partial charge in [-0.3, -0.25) is 4.79 Å². The van der Waals surface area contributed by atoms with Crippen LogP contribution in [0.3, 0.4) is 0 Å². The van der Waals surface area contributed by atoms with Crippen molar-refractivity contribution in [2.45, 2.75) is 43.0 Å². The number of benzene rings is 2. The number of rotatable bonds is 5. The van der Waals surface area contributed by atoms with Crippen LogP contribution >= 0.6 is 15.9 Å². The van der Waals surface area contributed by atoms with E-state index < -0.39 is 10.0 Å². The third-order valence-corrected chi connectivity index (χ3v) is 7.44. The highest BCUT2D eigenvalue weighted by atomic mass is 79.9. The van der Waals surface area contributed by atoms with Crippen LogP contribution in [0.4, 0.5) is 5.69 Å². The Balaban J connectivity index is 1.70. The summed E-state index contributed by atoms with van der Waals surface area (Å²) in [5.41, 5.74) is 1.09. The van der Waals surface area contributed by atoms with Crippen LogP contribution in [0.25, 0.3) is 0 Å². The number of amides is 1. The monoisotopic (exact) mass is 450 g/mol. The van der Waals surface area contributed by atoms with Crippen LogP contribution in [0.15, 0.2) is 57.9 Å². The molecule has 0 heterocycles. The topological polar surface area (TPSA) is 66.5 Å². The molecule has 1 saturated carbocycles. The number of nitrogens with zero attached hydrogens (tertiary/aromatic N) is 1. The molecule has 2 aromatic carbocycles. The van der Waals surface area contributed by atoms with E-state index in [1.54, 1.807) is 55.6 Å². The fourth-order valence-corrected chi connectivity index (χ4v) is 5.00. The lowest BCUT2D eigenvalue weighted by Gasteiger charge is -2.30. The van der Waals surface area contributed by atoms with Crippen molar-refractivity contribution in [2.75, 3.05) is 12.4 Å². The Morgan fingerprint density at radius 1 is 1.00 bits per heavy atom. The number of hydrogen-bond donors (Lipinski definition) is 1. The van der Waals surface area contributed by atoms with E-state index in [4.69, 9.17) is 0 Å². The Kier molecular flexibility index (Phi) is 6.34. The Bertz CT molecular complexity index is 890. The molecule has 3 rings (SSSR count). The third-order valence-electron chi connectivity index (χ3n) is 4.98. The van der Waals surface area contributed by atoms with Crippen molar-refractivity contribution < 1.29 is 13.2 Å². The third kappa shape index (κ3) is 4.78. The average Bonchev–Trinajstić information content (AvgIpc) is 2.69. The summed E-state index contributed by atoms with van der Waals surface area (Å²) in [6.07, 6.45) is 5.16. The van der Waals surface area contributed by atoms with Gasteiger partial charge in [0, 0.05) is 28.8 Å². The number of nitrogens with one attached hydrogen (secondary N) is 1. The summed E-state index contributed by atoms with van der Waals surface area (Å²) in [6.45, 7) is 0. The fourth-order valence-electron chi connectivity index (χ4n) is 3.32. The van der Waals surface area contributed by atoms with Crippen molar-refractivity contribution >= 4 is 37.5 Å². The van der Waals surface area contributed by atoms with Gasteiger partial charge >= 0.3 is 0 Å². The predicted molar refractivity (Wildman–Crippen MR) is 110 cm³/mol. The largest absolute Gasteiger partial charge is 0.322 e. The maximum Gasteiger partial charge on any atom is 0.255 e. The normalized spacial score (nSPS) is 15.7. The number of carbonyl (C=O) groups is 1. The molecule has 0 aliphatic heterocycles. The molecule has 1 aliphatic carbocycles. The van der Waals surface area contributed by atoms with E-state index in [1.807, 2.05) is 0 Å². The lowest BCUT2D eigenvalue weighted by atomic mass is 9.96. The molecule has 0 atom stereocenters. The first kappa shape index (κ1) is 20.0. The minimum absolute atomic E-state index is 0.0699. The molecule has 1 fully saturated rings. The second-order valence-corrected chi connectivity index (χ2v) is 9.71. The standard InChI is InChI=1S/C20H23BrN2O3S/c1-23(18-5-3-2-4-6-18)27(25,26)19-13-11-17(12-14-19)22-20(24)15-7-9-16(21)10-8-15/h7-14,18H,2-6H2,1H3,(H,22,24). The Hall–Kier alpha value is -1.70. The van der Waals surface area contributed by atoms with Gasteiger partial charge in [0.05, 0.1) is 4.90 Å². The predicted octanol–water partition coefficient (Wildman–Crippen LogP) is 4.65. The zero-order chi connectivity index (χ0) is 19.4. The molecule has 0 radical (unpaired) electrons. The first-order valence-electron chi connectivity index (χ1n) is 9.03. The Morgan fingerprint density at radius 3 is 2.19 bits per heavy atom. The van der Waals surface area contributed by atoms with E-state index >= 15 is 0 Å². The lowest BCUT2D eigenvalue weighted by molar-refractivity contribution is 0.102. The SMILES string of the molecule is CN(C1CCCCC1)S(=O)(=O)c1ccc(NC(=O)c2ccc(Br)cc2)cc1. The molecule has 0 saturated heterocycles. The van der Waals surface area contributed by atoms with Gasteiger partial charge < -0.3 is 5.32 Å². The van der Waals surface area contributed by atoms with Crippen LogP contribution in [0.1, 0.15) is 42.5 Å². The Labute approximate surface area is 169 Å². The van der Waals surface area contributed by atoms with Crippen molar-refractivity contribution in [1.29, 1.82) is 0 Å². The minimum atomic E-state index is -3.53. The number of anilines is 1. The second-order valence-electron chi connectivity index (χ2n) is 6.80. The highest BCUT2D eigenvalue weighted by molar-refractivity contribution is 9.10. The lowest BCUT2D eigenvalue weighted by Crippen LogP contribution is -2.38. The van der Waals surface area contributed by atoms with Gasteiger partial charge in [-0.15, -0.1) is 0 Å². The van der Waals surface area contributed by atoms with Crippen LogP contribution in [-0.2, 0) is 10.0 Å². The summed E-state index contributed by atoms with van der Waals surface area (Å²) >= 11 is 3.34. The molecule has 2 aromatic rings. The summed E-state index contributed by atoms with van der Waals surface area (Å²) in [7, 11) is -1.86. The van der Waals surface area contributed by atoms with E-state index in [-0.39, 0.29) is 16.8 Å². The zero-order valence-electron chi connectivity index (χ0n) is 15.2. The second kappa shape index (κ2) is 8.54. The van der Waals surface area contributed by atoms with Crippen LogP contribution in [0.5, 0.6) is 0 Å². The van der Waals surface area contributed by atoms with Crippen LogP contribution in [0, 0.1) is 0 Å². The van der Waals surface area contributed by atoms with Gasteiger partial charge in [0.1, 0.15) is 0 Å². The Morgan fingerprint density at radius 2 is 1.59 bits per heavy atom. The van der Waals surface area contributed by atoms with Crippen molar-refractivity contribution in [3.8, 4) is 0 Å². The highest BCUT2D eigenvalue weighted by Gasteiger charge is 2.28. The molecule has 27 heavy (non-hydrogen) atoms. The molecule has 0 bridgehead atoms. The number of carbonyl (C=O) groups excluding carboxylic acids is 1. The van der Waals surface area contributed by atoms with Gasteiger partial charge in [0.2, 0.25) is 10.0 Å². The van der Waals surface area contributed by atoms with Gasteiger partial charge in [0.25, 0.3) is 5.91 Å². The molecular weight excluding hydrogens is 428 g/mol. The van der Waals surface area contributed by atoms with Gasteiger partial charge in [-0.1, -0.05) is 35.2 Å². The van der Waals surface area contributed by atoms with Crippen LogP contribution in [0.2, 0.25) is 0 Å². The van der Waals surface area contributed by atoms with Gasteiger partial charge in [-0.2, -0.15) is 4.31 Å². The van der Waals surface area contributed by atoms with Crippen molar-refractivity contribution in [3.05, 3.63) is 58.6 Å². The van der Waals surface area contributed by atoms with Crippen LogP contribution < -0.4 is 5.32 Å². The molecule has 0 spiro atoms. The van der Waals surface area contributed by atoms with Crippen molar-refractivity contribution in [2.24, 2.45) is 0 Å². The quantitative estimate of drug-likeness (QED) is 0.720. The fraction of sp³-hybridized carbons (Fsp3) is 0.350. The van der Waals surface area contributed by atoms with Crippen LogP contribution in [-0.4, -0.2) is 31.7 Å². The molecule has 0 aromatic heterocycles. The summed E-state index contributed by atoms with van der Waals surface area (Å²) in [4.78, 5) is 12.5. The molecule has 1 N–H and O–H groups in total. The van der Waals surface area contributed by atoms with E-state index in [0.717, 1.165) is 30.2 Å². The molecule has 7 heteroatoms. The van der Waals surface area contributed by atoms with Crippen molar-refractivity contribution in [3.63, 3.8) is 0 Å². The van der Waals surface area contributed by atoms with Gasteiger partial charge in [0.15, 0.2) is 0 Å². The van der Waals surface area contributed by atoms with E-state index in [1.165, 1.54) is 10.7 Å². The molecular formula is C20H23BrN2O3S. The summed E-state index contributed by atoms with van der Waals surface area (Å²) in [6, 6.07) is 13.4. The summed E-state index contributed by atoms with van der Waals surface area (Å²) in [5.74, 6) is -0.238. The van der Waals surface area contributed by atoms with Crippen molar-refractivity contribution in [1.82, 2.24) is 4.31 Å². The van der Waals surface area contributed by atoms with E-state index in [0.29, 0.717) is 11.3 Å². The average molecular weight is 451 g/mol. The first-order valence-corrected chi connectivity index (χ1v) is 11.3. The van der Waals surface area contributed by atoms with E-state index in [2.05, 4.69) is 21.2 Å². The molecule has 1 amide bonds. The molecule has 5 nitrogen and oxygen atoms in total. The van der Waals surface area contributed by atoms with Gasteiger partial charge in [-0.25, -0.2) is 8.42 Å². The zero-order valence-corrected chi connectivity index (χ0v) is 17.6. The van der Waals surface area contributed by atoms with E-state index in [9.17, 15) is 13.2 Å². The number of halogens is 1. The number of hydrogen-bond acceptors (Lipinski definition) is 3. The summed E-state index contributed by atoms with van der Waals surface area (Å²) in [5, 5.41) is 2.79. The molecule has 0 unspecified atom stereocenters. The summed E-state index contributed by atoms with van der Waals surface area (Å²) < 4.78 is 28.1. The van der Waals surface area contributed by atoms with Gasteiger partial charge in [-0.05, 0) is 61.4 Å².